The van der Waals surface area contributed by atoms with Crippen LogP contribution in [0.1, 0.15) is 42.7 Å². The van der Waals surface area contributed by atoms with Crippen LogP contribution in [-0.2, 0) is 19.1 Å². The molecule has 2 aliphatic rings. The Hall–Kier alpha value is -3.37. The fraction of sp³-hybridized carbons (Fsp3) is 0.414. The van der Waals surface area contributed by atoms with E-state index < -0.39 is 17.8 Å². The fourth-order valence-corrected chi connectivity index (χ4v) is 5.77. The van der Waals surface area contributed by atoms with Gasteiger partial charge in [-0.25, -0.2) is 0 Å². The van der Waals surface area contributed by atoms with Crippen LogP contribution < -0.4 is 14.2 Å². The predicted octanol–water partition coefficient (Wildman–Crippen LogP) is 4.95. The molecule has 39 heavy (non-hydrogen) atoms. The van der Waals surface area contributed by atoms with Crippen LogP contribution in [0.15, 0.2) is 51.1 Å². The van der Waals surface area contributed by atoms with Crippen LogP contribution in [0.4, 0.5) is 0 Å². The number of nitrogens with zero attached hydrogens (tertiary/aromatic N) is 1. The van der Waals surface area contributed by atoms with Gasteiger partial charge in [-0.15, -0.1) is 0 Å². The lowest BCUT2D eigenvalue weighted by atomic mass is 9.69. The maximum absolute atomic E-state index is 13.9. The number of halogens is 1. The molecule has 0 radical (unpaired) electrons. The second kappa shape index (κ2) is 12.2. The van der Waals surface area contributed by atoms with Gasteiger partial charge in [0.2, 0.25) is 0 Å². The lowest BCUT2D eigenvalue weighted by Crippen LogP contribution is -2.38. The highest BCUT2D eigenvalue weighted by atomic mass is 79.9. The number of rotatable bonds is 9. The number of Topliss-reactive ketones (excluding diaryl/α,β-unsaturated/α-hetero) is 1. The molecule has 1 aliphatic carbocycles. The minimum absolute atomic E-state index is 0.0700. The number of phenols is 1. The molecule has 1 unspecified atom stereocenters. The van der Waals surface area contributed by atoms with Crippen LogP contribution in [0.25, 0.3) is 0 Å². The van der Waals surface area contributed by atoms with Crippen molar-refractivity contribution in [1.82, 2.24) is 0 Å². The minimum Gasteiger partial charge on any atom is -0.503 e. The molecule has 1 heterocycles. The summed E-state index contributed by atoms with van der Waals surface area (Å²) in [5, 5.41) is 10.4. The number of hydrogen-bond acceptors (Lipinski definition) is 9. The van der Waals surface area contributed by atoms with Crippen LogP contribution in [0.5, 0.6) is 23.0 Å². The Balaban J connectivity index is 1.80. The van der Waals surface area contributed by atoms with Crippen molar-refractivity contribution in [3.63, 3.8) is 0 Å². The molecule has 0 amide bonds. The first-order valence-corrected chi connectivity index (χ1v) is 13.3. The third-order valence-electron chi connectivity index (χ3n) is 7.18. The summed E-state index contributed by atoms with van der Waals surface area (Å²) in [7, 11) is 6.12. The maximum atomic E-state index is 13.9. The van der Waals surface area contributed by atoms with Gasteiger partial charge < -0.3 is 28.8 Å². The minimum atomic E-state index is -0.830. The van der Waals surface area contributed by atoms with Crippen molar-refractivity contribution in [1.29, 1.82) is 0 Å². The van der Waals surface area contributed by atoms with E-state index in [0.29, 0.717) is 44.9 Å². The largest absolute Gasteiger partial charge is 0.503 e. The zero-order chi connectivity index (χ0) is 28.3. The van der Waals surface area contributed by atoms with Gasteiger partial charge in [-0.3, -0.25) is 14.6 Å². The molecule has 1 aliphatic heterocycles. The summed E-state index contributed by atoms with van der Waals surface area (Å²) in [6.45, 7) is 2.10. The van der Waals surface area contributed by atoms with E-state index in [0.717, 1.165) is 5.56 Å². The SMILES string of the molecule is COCCOC(=O)C1C(C)=NC2=C(C(=O)C[C@@H](c3ccc(OC)c(OC)c3)C2)[C@H]1c1cc(Br)c(O)c(OC)c1. The smallest absolute Gasteiger partial charge is 0.315 e. The number of aromatic hydroxyl groups is 1. The average Bonchev–Trinajstić information content (AvgIpc) is 2.93. The summed E-state index contributed by atoms with van der Waals surface area (Å²) in [5.41, 5.74) is 3.23. The Morgan fingerprint density at radius 3 is 2.33 bits per heavy atom. The quantitative estimate of drug-likeness (QED) is 0.317. The molecule has 0 fully saturated rings. The number of aliphatic imine (C=N–C) groups is 1. The molecule has 2 aromatic rings. The van der Waals surface area contributed by atoms with Crippen molar-refractivity contribution < 1.29 is 38.4 Å². The predicted molar refractivity (Wildman–Crippen MR) is 148 cm³/mol. The van der Waals surface area contributed by atoms with Crippen LogP contribution in [0, 0.1) is 5.92 Å². The first-order chi connectivity index (χ1) is 18.7. The molecule has 0 spiro atoms. The van der Waals surface area contributed by atoms with E-state index in [2.05, 4.69) is 15.9 Å². The number of methoxy groups -OCH3 is 4. The van der Waals surface area contributed by atoms with E-state index in [1.54, 1.807) is 33.3 Å². The first kappa shape index (κ1) is 28.6. The Bertz CT molecular complexity index is 1330. The monoisotopic (exact) mass is 601 g/mol. The Kier molecular flexibility index (Phi) is 8.97. The van der Waals surface area contributed by atoms with E-state index in [1.165, 1.54) is 14.2 Å². The topological polar surface area (TPSA) is 113 Å². The van der Waals surface area contributed by atoms with Gasteiger partial charge in [0.15, 0.2) is 28.8 Å². The van der Waals surface area contributed by atoms with Gasteiger partial charge in [0, 0.05) is 36.4 Å². The van der Waals surface area contributed by atoms with Crippen molar-refractivity contribution in [2.45, 2.75) is 31.6 Å². The number of carbonyl (C=O) groups is 2. The molecule has 1 N–H and O–H groups in total. The van der Waals surface area contributed by atoms with Crippen molar-refractivity contribution >= 4 is 33.4 Å². The van der Waals surface area contributed by atoms with Gasteiger partial charge in [-0.05, 0) is 70.6 Å². The number of esters is 1. The van der Waals surface area contributed by atoms with Crippen molar-refractivity contribution in [3.05, 3.63) is 57.2 Å². The van der Waals surface area contributed by atoms with Crippen molar-refractivity contribution in [3.8, 4) is 23.0 Å². The molecule has 10 heteroatoms. The molecule has 0 saturated heterocycles. The highest BCUT2D eigenvalue weighted by molar-refractivity contribution is 9.10. The van der Waals surface area contributed by atoms with Gasteiger partial charge in [0.25, 0.3) is 0 Å². The molecule has 0 saturated carbocycles. The van der Waals surface area contributed by atoms with Crippen LogP contribution in [-0.4, -0.2) is 64.2 Å². The number of ether oxygens (including phenoxy) is 5. The number of hydrogen-bond donors (Lipinski definition) is 1. The molecular weight excluding hydrogens is 570 g/mol. The van der Waals surface area contributed by atoms with E-state index >= 15 is 0 Å². The summed E-state index contributed by atoms with van der Waals surface area (Å²) in [5.74, 6) is -0.878. The molecule has 3 atom stereocenters. The standard InChI is InChI=1S/C29H32BrNO8/c1-15-25(29(34)39-9-8-35-2)26(18-10-19(30)28(33)24(14-18)38-5)27-20(31-15)11-17(12-21(27)32)16-6-7-22(36-3)23(13-16)37-4/h6-7,10,13-14,17,25-26,33H,8-9,11-12H2,1-5H3/t17-,25?,26-/m0/s1. The molecule has 9 nitrogen and oxygen atoms in total. The van der Waals surface area contributed by atoms with E-state index in [4.69, 9.17) is 28.7 Å². The summed E-state index contributed by atoms with van der Waals surface area (Å²) in [4.78, 5) is 32.0. The van der Waals surface area contributed by atoms with Crippen LogP contribution in [0.2, 0.25) is 0 Å². The van der Waals surface area contributed by atoms with Gasteiger partial charge in [0.1, 0.15) is 12.5 Å². The summed E-state index contributed by atoms with van der Waals surface area (Å²) < 4.78 is 27.1. The second-order valence-electron chi connectivity index (χ2n) is 9.43. The number of allylic oxidation sites excluding steroid dienone is 2. The zero-order valence-electron chi connectivity index (χ0n) is 22.6. The molecule has 0 aromatic heterocycles. The third-order valence-corrected chi connectivity index (χ3v) is 7.79. The van der Waals surface area contributed by atoms with E-state index in [-0.39, 0.29) is 42.8 Å². The third kappa shape index (κ3) is 5.67. The number of ketones is 1. The number of benzene rings is 2. The molecule has 2 aromatic carbocycles. The Labute approximate surface area is 235 Å². The van der Waals surface area contributed by atoms with Gasteiger partial charge in [0.05, 0.1) is 32.4 Å². The van der Waals surface area contributed by atoms with E-state index in [1.807, 2.05) is 18.2 Å². The zero-order valence-corrected chi connectivity index (χ0v) is 24.2. The highest BCUT2D eigenvalue weighted by Crippen LogP contribution is 2.49. The maximum Gasteiger partial charge on any atom is 0.315 e. The first-order valence-electron chi connectivity index (χ1n) is 12.5. The molecule has 4 rings (SSSR count). The molecule has 0 bridgehead atoms. The van der Waals surface area contributed by atoms with Gasteiger partial charge in [-0.1, -0.05) is 6.07 Å². The second-order valence-corrected chi connectivity index (χ2v) is 10.3. The number of phenolic OH excluding ortho intramolecular Hbond substituents is 1. The van der Waals surface area contributed by atoms with Crippen molar-refractivity contribution in [2.75, 3.05) is 41.7 Å². The Morgan fingerprint density at radius 2 is 1.67 bits per heavy atom. The van der Waals surface area contributed by atoms with Gasteiger partial charge in [-0.2, -0.15) is 0 Å². The summed E-state index contributed by atoms with van der Waals surface area (Å²) in [6.07, 6.45) is 0.743. The van der Waals surface area contributed by atoms with Crippen LogP contribution in [0.3, 0.4) is 0 Å². The lowest BCUT2D eigenvalue weighted by molar-refractivity contribution is -0.147. The van der Waals surface area contributed by atoms with Crippen LogP contribution >= 0.6 is 15.9 Å². The van der Waals surface area contributed by atoms with Crippen molar-refractivity contribution in [2.24, 2.45) is 10.9 Å². The normalized spacial score (nSPS) is 20.7. The number of carbonyl (C=O) groups excluding carboxylic acids is 2. The van der Waals surface area contributed by atoms with Gasteiger partial charge >= 0.3 is 5.97 Å². The Morgan fingerprint density at radius 1 is 0.974 bits per heavy atom. The average molecular weight is 602 g/mol. The summed E-state index contributed by atoms with van der Waals surface area (Å²) >= 11 is 3.38. The van der Waals surface area contributed by atoms with E-state index in [9.17, 15) is 14.7 Å². The highest BCUT2D eigenvalue weighted by Gasteiger charge is 2.45. The fourth-order valence-electron chi connectivity index (χ4n) is 5.31. The molecular formula is C29H32BrNO8. The summed E-state index contributed by atoms with van der Waals surface area (Å²) in [6, 6.07) is 9.00. The lowest BCUT2D eigenvalue weighted by Gasteiger charge is -2.36. The molecule has 208 valence electrons.